The van der Waals surface area contributed by atoms with Crippen LogP contribution in [0.2, 0.25) is 5.02 Å². The van der Waals surface area contributed by atoms with E-state index >= 15 is 0 Å². The Morgan fingerprint density at radius 2 is 1.55 bits per heavy atom. The summed E-state index contributed by atoms with van der Waals surface area (Å²) in [5.74, 6) is -0.215. The lowest BCUT2D eigenvalue weighted by atomic mass is 10.1. The number of anilines is 1. The minimum atomic E-state index is -4.20. The molecule has 3 aromatic carbocycles. The van der Waals surface area contributed by atoms with E-state index in [2.05, 4.69) is 5.32 Å². The number of nitrogens with one attached hydrogen (secondary N) is 1. The highest BCUT2D eigenvalue weighted by atomic mass is 35.5. The second-order valence-corrected chi connectivity index (χ2v) is 13.0. The minimum Gasteiger partial charge on any atom is -0.495 e. The summed E-state index contributed by atoms with van der Waals surface area (Å²) in [6, 6.07) is 17.8. The van der Waals surface area contributed by atoms with E-state index in [9.17, 15) is 18.0 Å². The highest BCUT2D eigenvalue weighted by Gasteiger charge is 2.34. The monoisotopic (exact) mass is 613 g/mol. The first-order valence-corrected chi connectivity index (χ1v) is 15.7. The summed E-state index contributed by atoms with van der Waals surface area (Å²) in [6.07, 6.45) is 0.348. The minimum absolute atomic E-state index is 0.0274. The first kappa shape index (κ1) is 32.9. The number of carbonyl (C=O) groups is 2. The van der Waals surface area contributed by atoms with Gasteiger partial charge < -0.3 is 15.0 Å². The zero-order valence-corrected chi connectivity index (χ0v) is 26.6. The second kappa shape index (κ2) is 14.6. The maximum absolute atomic E-state index is 14.2. The molecule has 3 rings (SSSR count). The van der Waals surface area contributed by atoms with Gasteiger partial charge >= 0.3 is 0 Å². The molecule has 2 amide bonds. The lowest BCUT2D eigenvalue weighted by Crippen LogP contribution is -2.52. The Morgan fingerprint density at radius 3 is 2.07 bits per heavy atom. The number of hydrogen-bond acceptors (Lipinski definition) is 5. The van der Waals surface area contributed by atoms with Crippen LogP contribution in [0, 0.1) is 19.8 Å². The van der Waals surface area contributed by atoms with Gasteiger partial charge in [-0.3, -0.25) is 13.9 Å². The molecule has 8 nitrogen and oxygen atoms in total. The molecule has 0 bridgehead atoms. The van der Waals surface area contributed by atoms with Crippen LogP contribution in [0.4, 0.5) is 5.69 Å². The Morgan fingerprint density at radius 1 is 0.952 bits per heavy atom. The zero-order chi connectivity index (χ0) is 31.0. The molecule has 0 fully saturated rings. The Hall–Kier alpha value is -3.56. The van der Waals surface area contributed by atoms with Crippen molar-refractivity contribution < 1.29 is 22.7 Å². The number of nitrogens with zero attached hydrogens (tertiary/aromatic N) is 2. The van der Waals surface area contributed by atoms with E-state index in [0.29, 0.717) is 18.7 Å². The number of rotatable bonds is 13. The Kier molecular flexibility index (Phi) is 11.4. The van der Waals surface area contributed by atoms with Crippen LogP contribution in [-0.4, -0.2) is 51.4 Å². The number of sulfonamides is 1. The molecule has 0 aliphatic heterocycles. The third-order valence-electron chi connectivity index (χ3n) is 6.86. The maximum Gasteiger partial charge on any atom is 0.264 e. The number of aryl methyl sites for hydroxylation is 2. The summed E-state index contributed by atoms with van der Waals surface area (Å²) >= 11 is 6.39. The molecule has 0 saturated carbocycles. The summed E-state index contributed by atoms with van der Waals surface area (Å²) in [4.78, 5) is 29.0. The second-order valence-electron chi connectivity index (χ2n) is 10.7. The molecule has 0 spiro atoms. The smallest absolute Gasteiger partial charge is 0.264 e. The molecule has 10 heteroatoms. The van der Waals surface area contributed by atoms with Crippen LogP contribution in [0.15, 0.2) is 71.6 Å². The molecule has 0 radical (unpaired) electrons. The van der Waals surface area contributed by atoms with E-state index in [1.165, 1.54) is 30.2 Å². The van der Waals surface area contributed by atoms with Crippen molar-refractivity contribution in [2.45, 2.75) is 58.5 Å². The summed E-state index contributed by atoms with van der Waals surface area (Å²) in [5.41, 5.74) is 2.98. The first-order valence-electron chi connectivity index (χ1n) is 13.9. The Bertz CT molecular complexity index is 1470. The van der Waals surface area contributed by atoms with Crippen molar-refractivity contribution in [1.29, 1.82) is 0 Å². The van der Waals surface area contributed by atoms with Crippen LogP contribution in [0.25, 0.3) is 0 Å². The molecule has 3 aromatic rings. The van der Waals surface area contributed by atoms with Crippen LogP contribution < -0.4 is 14.4 Å². The summed E-state index contributed by atoms with van der Waals surface area (Å²) < 4.78 is 34.3. The van der Waals surface area contributed by atoms with Gasteiger partial charge in [-0.1, -0.05) is 79.9 Å². The molecule has 0 aliphatic rings. The fourth-order valence-electron chi connectivity index (χ4n) is 4.41. The van der Waals surface area contributed by atoms with E-state index in [1.807, 2.05) is 58.9 Å². The summed E-state index contributed by atoms with van der Waals surface area (Å²) in [7, 11) is -2.74. The number of benzene rings is 3. The van der Waals surface area contributed by atoms with Gasteiger partial charge in [-0.05, 0) is 62.1 Å². The van der Waals surface area contributed by atoms with E-state index in [4.69, 9.17) is 16.3 Å². The fourth-order valence-corrected chi connectivity index (χ4v) is 6.07. The van der Waals surface area contributed by atoms with Crippen molar-refractivity contribution in [3.8, 4) is 5.75 Å². The number of carbonyl (C=O) groups excluding carboxylic acids is 2. The topological polar surface area (TPSA) is 96.0 Å². The fraction of sp³-hybridized carbons (Fsp3) is 0.375. The highest BCUT2D eigenvalue weighted by Crippen LogP contribution is 2.32. The van der Waals surface area contributed by atoms with Crippen molar-refractivity contribution in [1.82, 2.24) is 10.2 Å². The number of hydrogen-bond donors (Lipinski definition) is 1. The summed E-state index contributed by atoms with van der Waals surface area (Å²) in [6.45, 7) is 9.69. The van der Waals surface area contributed by atoms with Crippen molar-refractivity contribution in [2.75, 3.05) is 24.5 Å². The van der Waals surface area contributed by atoms with Gasteiger partial charge in [0.2, 0.25) is 11.8 Å². The highest BCUT2D eigenvalue weighted by molar-refractivity contribution is 7.92. The van der Waals surface area contributed by atoms with Crippen molar-refractivity contribution in [3.05, 3.63) is 88.4 Å². The molecule has 0 unspecified atom stereocenters. The van der Waals surface area contributed by atoms with Gasteiger partial charge in [0, 0.05) is 13.1 Å². The predicted molar refractivity (Wildman–Crippen MR) is 167 cm³/mol. The SMILES string of the molecule is CC[C@@H](C(=O)NCC(C)C)N(Cc1ccc(C)cc1)C(=O)CN(c1ccc(OC)c(Cl)c1)S(=O)(=O)c1ccc(C)cc1. The third kappa shape index (κ3) is 8.26. The Labute approximate surface area is 254 Å². The van der Waals surface area contributed by atoms with E-state index in [1.54, 1.807) is 24.3 Å². The van der Waals surface area contributed by atoms with Crippen LogP contribution in [0.1, 0.15) is 43.9 Å². The standard InChI is InChI=1S/C32H40ClN3O5S/c1-7-29(32(38)34-19-22(2)3)35(20-25-12-8-23(4)9-13-25)31(37)21-36(26-14-17-30(41-6)28(33)18-26)42(39,40)27-15-10-24(5)11-16-27/h8-18,22,29H,7,19-21H2,1-6H3,(H,34,38)/t29-/m0/s1. The number of ether oxygens (including phenoxy) is 1. The molecule has 226 valence electrons. The van der Waals surface area contributed by atoms with Crippen molar-refractivity contribution >= 4 is 39.1 Å². The molecule has 1 atom stereocenters. The average Bonchev–Trinajstić information content (AvgIpc) is 2.95. The Balaban J connectivity index is 2.08. The van der Waals surface area contributed by atoms with Crippen LogP contribution in [0.3, 0.4) is 0 Å². The van der Waals surface area contributed by atoms with E-state index < -0.39 is 28.5 Å². The van der Waals surface area contributed by atoms with Crippen molar-refractivity contribution in [3.63, 3.8) is 0 Å². The first-order chi connectivity index (χ1) is 19.9. The zero-order valence-electron chi connectivity index (χ0n) is 25.1. The molecule has 0 heterocycles. The van der Waals surface area contributed by atoms with Crippen LogP contribution in [-0.2, 0) is 26.2 Å². The lowest BCUT2D eigenvalue weighted by Gasteiger charge is -2.33. The van der Waals surface area contributed by atoms with E-state index in [0.717, 1.165) is 21.0 Å². The van der Waals surface area contributed by atoms with E-state index in [-0.39, 0.29) is 34.0 Å². The van der Waals surface area contributed by atoms with Gasteiger partial charge in [0.25, 0.3) is 10.0 Å². The third-order valence-corrected chi connectivity index (χ3v) is 8.94. The van der Waals surface area contributed by atoms with Crippen molar-refractivity contribution in [2.24, 2.45) is 5.92 Å². The number of amides is 2. The molecule has 0 aromatic heterocycles. The molecule has 42 heavy (non-hydrogen) atoms. The quantitative estimate of drug-likeness (QED) is 0.265. The maximum atomic E-state index is 14.2. The van der Waals surface area contributed by atoms with Gasteiger partial charge in [-0.15, -0.1) is 0 Å². The number of methoxy groups -OCH3 is 1. The largest absolute Gasteiger partial charge is 0.495 e. The molecule has 1 N–H and O–H groups in total. The predicted octanol–water partition coefficient (Wildman–Crippen LogP) is 5.74. The molecule has 0 aliphatic carbocycles. The van der Waals surface area contributed by atoms with Gasteiger partial charge in [0.1, 0.15) is 18.3 Å². The normalized spacial score (nSPS) is 12.1. The van der Waals surface area contributed by atoms with Crippen LogP contribution in [0.5, 0.6) is 5.75 Å². The summed E-state index contributed by atoms with van der Waals surface area (Å²) in [5, 5.41) is 3.13. The van der Waals surface area contributed by atoms with Crippen LogP contribution >= 0.6 is 11.6 Å². The van der Waals surface area contributed by atoms with Gasteiger partial charge in [0.15, 0.2) is 0 Å². The number of halogens is 1. The van der Waals surface area contributed by atoms with Gasteiger partial charge in [0.05, 0.1) is 22.7 Å². The molecular formula is C32H40ClN3O5S. The van der Waals surface area contributed by atoms with Gasteiger partial charge in [-0.25, -0.2) is 8.42 Å². The average molecular weight is 614 g/mol. The van der Waals surface area contributed by atoms with Gasteiger partial charge in [-0.2, -0.15) is 0 Å². The lowest BCUT2D eigenvalue weighted by molar-refractivity contribution is -0.140. The molecular weight excluding hydrogens is 574 g/mol. The molecule has 0 saturated heterocycles.